The van der Waals surface area contributed by atoms with Gasteiger partial charge in [0.25, 0.3) is 17.7 Å². The lowest BCUT2D eigenvalue weighted by Crippen LogP contribution is -2.32. The van der Waals surface area contributed by atoms with Crippen molar-refractivity contribution in [3.05, 3.63) is 105 Å². The van der Waals surface area contributed by atoms with Crippen molar-refractivity contribution in [1.82, 2.24) is 5.32 Å². The molecule has 6 nitrogen and oxygen atoms in total. The Hall–Kier alpha value is -3.61. The van der Waals surface area contributed by atoms with Gasteiger partial charge in [-0.15, -0.1) is 0 Å². The number of rotatable bonds is 6. The van der Waals surface area contributed by atoms with Crippen molar-refractivity contribution in [3.8, 4) is 0 Å². The molecule has 0 bridgehead atoms. The highest BCUT2D eigenvalue weighted by molar-refractivity contribution is 6.53. The molecular formula is C26H21Cl2N3O3. The van der Waals surface area contributed by atoms with Gasteiger partial charge < -0.3 is 10.6 Å². The maximum Gasteiger partial charge on any atom is 0.283 e. The summed E-state index contributed by atoms with van der Waals surface area (Å²) in [5, 5.41) is 6.04. The van der Waals surface area contributed by atoms with E-state index in [0.29, 0.717) is 27.5 Å². The summed E-state index contributed by atoms with van der Waals surface area (Å²) in [6.45, 7) is 3.68. The number of nitrogens with one attached hydrogen (secondary N) is 2. The lowest BCUT2D eigenvalue weighted by Gasteiger charge is -2.18. The number of hydrogen-bond acceptors (Lipinski definition) is 4. The number of carbonyl (C=O) groups is 3. The van der Waals surface area contributed by atoms with Crippen molar-refractivity contribution >= 4 is 52.3 Å². The number of hydrogen-bond donors (Lipinski definition) is 2. The van der Waals surface area contributed by atoms with Crippen molar-refractivity contribution in [3.63, 3.8) is 0 Å². The summed E-state index contributed by atoms with van der Waals surface area (Å²) in [4.78, 5) is 39.4. The van der Waals surface area contributed by atoms with Gasteiger partial charge in [-0.05, 0) is 61.4 Å². The molecule has 0 saturated heterocycles. The Labute approximate surface area is 207 Å². The van der Waals surface area contributed by atoms with Crippen LogP contribution >= 0.6 is 23.2 Å². The van der Waals surface area contributed by atoms with Gasteiger partial charge in [-0.2, -0.15) is 0 Å². The summed E-state index contributed by atoms with van der Waals surface area (Å²) < 4.78 is 0. The van der Waals surface area contributed by atoms with E-state index in [0.717, 1.165) is 10.5 Å². The quantitative estimate of drug-likeness (QED) is 0.439. The molecule has 1 unspecified atom stereocenters. The van der Waals surface area contributed by atoms with E-state index < -0.39 is 11.8 Å². The van der Waals surface area contributed by atoms with Crippen LogP contribution in [-0.2, 0) is 9.59 Å². The van der Waals surface area contributed by atoms with Gasteiger partial charge in [-0.3, -0.25) is 14.4 Å². The molecule has 1 aliphatic rings. The maximum atomic E-state index is 13.0. The van der Waals surface area contributed by atoms with E-state index in [9.17, 15) is 14.4 Å². The first kappa shape index (κ1) is 23.5. The van der Waals surface area contributed by atoms with Gasteiger partial charge >= 0.3 is 0 Å². The Kier molecular flexibility index (Phi) is 6.72. The molecule has 1 atom stereocenters. The van der Waals surface area contributed by atoms with Crippen LogP contribution in [0.1, 0.15) is 34.5 Å². The third kappa shape index (κ3) is 4.69. The molecule has 3 aromatic rings. The maximum absolute atomic E-state index is 13.0. The average molecular weight is 494 g/mol. The molecule has 34 heavy (non-hydrogen) atoms. The Bertz CT molecular complexity index is 1300. The van der Waals surface area contributed by atoms with Crippen molar-refractivity contribution < 1.29 is 14.4 Å². The molecule has 0 aromatic heterocycles. The van der Waals surface area contributed by atoms with Gasteiger partial charge in [0.05, 0.1) is 11.7 Å². The molecule has 0 aliphatic carbocycles. The van der Waals surface area contributed by atoms with E-state index in [-0.39, 0.29) is 22.7 Å². The first-order chi connectivity index (χ1) is 16.3. The van der Waals surface area contributed by atoms with E-state index in [4.69, 9.17) is 23.2 Å². The number of halogens is 2. The second kappa shape index (κ2) is 9.71. The van der Waals surface area contributed by atoms with Gasteiger partial charge in [0.15, 0.2) is 0 Å². The molecule has 1 aliphatic heterocycles. The zero-order valence-electron chi connectivity index (χ0n) is 18.4. The summed E-state index contributed by atoms with van der Waals surface area (Å²) in [5.41, 5.74) is 3.00. The summed E-state index contributed by atoms with van der Waals surface area (Å²) in [7, 11) is 0. The predicted octanol–water partition coefficient (Wildman–Crippen LogP) is 5.58. The molecule has 3 aromatic carbocycles. The number of carbonyl (C=O) groups excluding carboxylic acids is 3. The molecule has 3 amide bonds. The second-order valence-electron chi connectivity index (χ2n) is 7.87. The molecule has 0 radical (unpaired) electrons. The fraction of sp³-hybridized carbons (Fsp3) is 0.115. The van der Waals surface area contributed by atoms with Gasteiger partial charge in [-0.25, -0.2) is 4.90 Å². The van der Waals surface area contributed by atoms with Crippen LogP contribution in [0.2, 0.25) is 5.02 Å². The smallest absolute Gasteiger partial charge is 0.283 e. The highest BCUT2D eigenvalue weighted by Gasteiger charge is 2.39. The number of amides is 3. The van der Waals surface area contributed by atoms with E-state index in [1.54, 1.807) is 49.4 Å². The fourth-order valence-electron chi connectivity index (χ4n) is 3.61. The second-order valence-corrected chi connectivity index (χ2v) is 8.69. The highest BCUT2D eigenvalue weighted by Crippen LogP contribution is 2.33. The lowest BCUT2D eigenvalue weighted by molar-refractivity contribution is -0.120. The van der Waals surface area contributed by atoms with Gasteiger partial charge in [0.1, 0.15) is 10.7 Å². The highest BCUT2D eigenvalue weighted by atomic mass is 35.5. The fourth-order valence-corrected chi connectivity index (χ4v) is 3.99. The van der Waals surface area contributed by atoms with E-state index in [2.05, 4.69) is 10.6 Å². The van der Waals surface area contributed by atoms with Crippen LogP contribution < -0.4 is 15.5 Å². The molecule has 0 fully saturated rings. The zero-order chi connectivity index (χ0) is 24.4. The predicted molar refractivity (Wildman–Crippen MR) is 134 cm³/mol. The number of imide groups is 1. The SMILES string of the molecule is Cc1ccc(Cl)cc1N1C(=O)C(Cl)=C(Nc2ccc(C(=O)NC(C)c3ccccc3)cc2)C1=O. The van der Waals surface area contributed by atoms with Crippen molar-refractivity contribution in [2.75, 3.05) is 10.2 Å². The van der Waals surface area contributed by atoms with E-state index >= 15 is 0 Å². The standard InChI is InChI=1S/C26H21Cl2N3O3/c1-15-8-11-19(27)14-21(15)31-25(33)22(28)23(26(31)34)30-20-12-9-18(10-13-20)24(32)29-16(2)17-6-4-3-5-7-17/h3-14,16,30H,1-2H3,(H,29,32). The van der Waals surface area contributed by atoms with Crippen LogP contribution in [-0.4, -0.2) is 17.7 Å². The minimum atomic E-state index is -0.634. The van der Waals surface area contributed by atoms with Crippen molar-refractivity contribution in [2.45, 2.75) is 19.9 Å². The molecular weight excluding hydrogens is 473 g/mol. The molecule has 0 spiro atoms. The van der Waals surface area contributed by atoms with Crippen LogP contribution in [0.15, 0.2) is 83.5 Å². The number of aryl methyl sites for hydroxylation is 1. The number of benzene rings is 3. The third-order valence-electron chi connectivity index (χ3n) is 5.50. The van der Waals surface area contributed by atoms with Gasteiger partial charge in [-0.1, -0.05) is 59.6 Å². The third-order valence-corrected chi connectivity index (χ3v) is 6.09. The molecule has 2 N–H and O–H groups in total. The Morgan fingerprint density at radius 2 is 1.59 bits per heavy atom. The minimum absolute atomic E-state index is 0.0408. The zero-order valence-corrected chi connectivity index (χ0v) is 19.9. The van der Waals surface area contributed by atoms with Crippen LogP contribution in [0, 0.1) is 6.92 Å². The molecule has 172 valence electrons. The molecule has 0 saturated carbocycles. The Balaban J connectivity index is 1.47. The summed E-state index contributed by atoms with van der Waals surface area (Å²) >= 11 is 12.3. The summed E-state index contributed by atoms with van der Waals surface area (Å²) in [6.07, 6.45) is 0. The lowest BCUT2D eigenvalue weighted by atomic mass is 10.1. The summed E-state index contributed by atoms with van der Waals surface area (Å²) in [5.74, 6) is -1.45. The van der Waals surface area contributed by atoms with Crippen LogP contribution in [0.3, 0.4) is 0 Å². The molecule has 4 rings (SSSR count). The Morgan fingerprint density at radius 1 is 0.912 bits per heavy atom. The van der Waals surface area contributed by atoms with Gasteiger partial charge in [0, 0.05) is 16.3 Å². The number of nitrogens with zero attached hydrogens (tertiary/aromatic N) is 1. The largest absolute Gasteiger partial charge is 0.350 e. The first-order valence-corrected chi connectivity index (χ1v) is 11.3. The van der Waals surface area contributed by atoms with E-state index in [1.165, 1.54) is 0 Å². The van der Waals surface area contributed by atoms with Gasteiger partial charge in [0.2, 0.25) is 0 Å². The normalized spacial score (nSPS) is 14.4. The Morgan fingerprint density at radius 3 is 2.26 bits per heavy atom. The number of anilines is 2. The van der Waals surface area contributed by atoms with Crippen LogP contribution in [0.25, 0.3) is 0 Å². The minimum Gasteiger partial charge on any atom is -0.350 e. The van der Waals surface area contributed by atoms with Crippen molar-refractivity contribution in [1.29, 1.82) is 0 Å². The monoisotopic (exact) mass is 493 g/mol. The topological polar surface area (TPSA) is 78.5 Å². The molecule has 8 heteroatoms. The van der Waals surface area contributed by atoms with Crippen molar-refractivity contribution in [2.24, 2.45) is 0 Å². The van der Waals surface area contributed by atoms with Crippen LogP contribution in [0.5, 0.6) is 0 Å². The molecule has 1 heterocycles. The summed E-state index contributed by atoms with van der Waals surface area (Å²) in [6, 6.07) is 21.0. The first-order valence-electron chi connectivity index (χ1n) is 10.5. The van der Waals surface area contributed by atoms with Crippen LogP contribution in [0.4, 0.5) is 11.4 Å². The van der Waals surface area contributed by atoms with E-state index in [1.807, 2.05) is 37.3 Å². The average Bonchev–Trinajstić information content (AvgIpc) is 3.04.